The fraction of sp³-hybridized carbons (Fsp3) is 0.214. The van der Waals surface area contributed by atoms with Gasteiger partial charge in [-0.2, -0.15) is 0 Å². The number of hydrogen-bond donors (Lipinski definition) is 2. The number of rotatable bonds is 4. The molecule has 96 valence electrons. The van der Waals surface area contributed by atoms with Crippen LogP contribution in [-0.2, 0) is 4.79 Å². The maximum absolute atomic E-state index is 10.7. The molecule has 1 saturated carbocycles. The van der Waals surface area contributed by atoms with Crippen molar-refractivity contribution in [3.05, 3.63) is 42.5 Å². The van der Waals surface area contributed by atoms with E-state index < -0.39 is 5.97 Å². The zero-order valence-corrected chi connectivity index (χ0v) is 10.2. The Morgan fingerprint density at radius 1 is 1.16 bits per heavy atom. The third-order valence-electron chi connectivity index (χ3n) is 3.18. The summed E-state index contributed by atoms with van der Waals surface area (Å²) >= 11 is 0. The summed E-state index contributed by atoms with van der Waals surface area (Å²) in [6.45, 7) is 0. The van der Waals surface area contributed by atoms with Crippen LogP contribution in [0.1, 0.15) is 6.42 Å². The zero-order valence-electron chi connectivity index (χ0n) is 10.2. The summed E-state index contributed by atoms with van der Waals surface area (Å²) in [6, 6.07) is 13.5. The van der Waals surface area contributed by atoms with Crippen LogP contribution in [0.2, 0.25) is 0 Å². The molecule has 0 amide bonds. The van der Waals surface area contributed by atoms with Crippen LogP contribution in [0, 0.1) is 5.92 Å². The Hall–Kier alpha value is -2.43. The molecule has 1 aliphatic rings. The van der Waals surface area contributed by atoms with Gasteiger partial charge in [0.1, 0.15) is 5.82 Å². The third-order valence-corrected chi connectivity index (χ3v) is 3.18. The minimum Gasteiger partial charge on any atom is -0.481 e. The van der Waals surface area contributed by atoms with Crippen molar-refractivity contribution >= 4 is 11.8 Å². The zero-order chi connectivity index (χ0) is 13.2. The maximum atomic E-state index is 10.7. The third kappa shape index (κ3) is 2.54. The van der Waals surface area contributed by atoms with Crippen molar-refractivity contribution in [1.82, 2.24) is 10.2 Å². The number of benzene rings is 1. The van der Waals surface area contributed by atoms with Gasteiger partial charge in [-0.1, -0.05) is 30.3 Å². The number of carbonyl (C=O) groups is 1. The minimum absolute atomic E-state index is 0.0191. The van der Waals surface area contributed by atoms with Crippen molar-refractivity contribution < 1.29 is 9.90 Å². The first kappa shape index (κ1) is 11.6. The first-order valence-corrected chi connectivity index (χ1v) is 6.12. The Morgan fingerprint density at radius 2 is 1.95 bits per heavy atom. The molecule has 0 radical (unpaired) electrons. The van der Waals surface area contributed by atoms with Crippen molar-refractivity contribution in [2.24, 2.45) is 5.92 Å². The molecular weight excluding hydrogens is 242 g/mol. The predicted molar refractivity (Wildman–Crippen MR) is 70.6 cm³/mol. The van der Waals surface area contributed by atoms with Crippen molar-refractivity contribution in [2.75, 3.05) is 5.32 Å². The molecule has 5 heteroatoms. The average molecular weight is 255 g/mol. The smallest absolute Gasteiger partial charge is 0.308 e. The molecule has 2 N–H and O–H groups in total. The molecule has 19 heavy (non-hydrogen) atoms. The van der Waals surface area contributed by atoms with Crippen LogP contribution in [0.4, 0.5) is 5.82 Å². The summed E-state index contributed by atoms with van der Waals surface area (Å²) in [4.78, 5) is 10.7. The summed E-state index contributed by atoms with van der Waals surface area (Å²) in [6.07, 6.45) is 0.650. The highest BCUT2D eigenvalue weighted by molar-refractivity contribution is 5.75. The van der Waals surface area contributed by atoms with Crippen LogP contribution >= 0.6 is 0 Å². The minimum atomic E-state index is -0.758. The Bertz CT molecular complexity index is 583. The molecule has 1 heterocycles. The van der Waals surface area contributed by atoms with Gasteiger partial charge in [-0.15, -0.1) is 10.2 Å². The molecule has 0 saturated heterocycles. The van der Waals surface area contributed by atoms with E-state index in [1.165, 1.54) is 0 Å². The topological polar surface area (TPSA) is 75.1 Å². The summed E-state index contributed by atoms with van der Waals surface area (Å²) in [5, 5.41) is 20.1. The Morgan fingerprint density at radius 3 is 2.53 bits per heavy atom. The van der Waals surface area contributed by atoms with E-state index in [4.69, 9.17) is 5.11 Å². The van der Waals surface area contributed by atoms with E-state index in [0.29, 0.717) is 12.2 Å². The number of nitrogens with zero attached hydrogens (tertiary/aromatic N) is 2. The van der Waals surface area contributed by atoms with Gasteiger partial charge in [0, 0.05) is 11.6 Å². The van der Waals surface area contributed by atoms with E-state index in [9.17, 15) is 4.79 Å². The van der Waals surface area contributed by atoms with E-state index in [-0.39, 0.29) is 12.0 Å². The Kier molecular flexibility index (Phi) is 2.87. The van der Waals surface area contributed by atoms with E-state index in [1.54, 1.807) is 0 Å². The summed E-state index contributed by atoms with van der Waals surface area (Å²) in [7, 11) is 0. The normalized spacial score (nSPS) is 20.8. The first-order chi connectivity index (χ1) is 9.24. The lowest BCUT2D eigenvalue weighted by Crippen LogP contribution is -2.11. The molecule has 1 aliphatic carbocycles. The largest absolute Gasteiger partial charge is 0.481 e. The summed E-state index contributed by atoms with van der Waals surface area (Å²) < 4.78 is 0. The monoisotopic (exact) mass is 255 g/mol. The van der Waals surface area contributed by atoms with Gasteiger partial charge in [0.25, 0.3) is 0 Å². The van der Waals surface area contributed by atoms with Gasteiger partial charge in [-0.05, 0) is 18.6 Å². The lowest BCUT2D eigenvalue weighted by molar-refractivity contribution is -0.138. The SMILES string of the molecule is O=C(O)C1CC1Nc1ccc(-c2ccccc2)nn1. The number of aliphatic carboxylic acids is 1. The molecule has 2 aromatic rings. The molecule has 3 rings (SSSR count). The van der Waals surface area contributed by atoms with Crippen molar-refractivity contribution in [2.45, 2.75) is 12.5 Å². The van der Waals surface area contributed by atoms with Crippen LogP contribution in [0.3, 0.4) is 0 Å². The lowest BCUT2D eigenvalue weighted by Gasteiger charge is -2.04. The molecule has 2 unspecified atom stereocenters. The average Bonchev–Trinajstić information content (AvgIpc) is 3.20. The standard InChI is InChI=1S/C14H13N3O2/c18-14(19)10-8-12(10)15-13-7-6-11(16-17-13)9-4-2-1-3-5-9/h1-7,10,12H,8H2,(H,15,17)(H,18,19). The van der Waals surface area contributed by atoms with E-state index in [1.807, 2.05) is 42.5 Å². The van der Waals surface area contributed by atoms with Crippen LogP contribution in [-0.4, -0.2) is 27.3 Å². The highest BCUT2D eigenvalue weighted by Gasteiger charge is 2.43. The second kappa shape index (κ2) is 4.68. The van der Waals surface area contributed by atoms with Gasteiger partial charge in [0.15, 0.2) is 0 Å². The van der Waals surface area contributed by atoms with Crippen LogP contribution in [0.25, 0.3) is 11.3 Å². The fourth-order valence-electron chi connectivity index (χ4n) is 1.99. The van der Waals surface area contributed by atoms with E-state index >= 15 is 0 Å². The molecule has 1 fully saturated rings. The Balaban J connectivity index is 1.69. The molecule has 2 atom stereocenters. The van der Waals surface area contributed by atoms with Crippen LogP contribution in [0.15, 0.2) is 42.5 Å². The van der Waals surface area contributed by atoms with Crippen molar-refractivity contribution in [3.63, 3.8) is 0 Å². The van der Waals surface area contributed by atoms with Crippen molar-refractivity contribution in [1.29, 1.82) is 0 Å². The van der Waals surface area contributed by atoms with Crippen LogP contribution < -0.4 is 5.32 Å². The molecule has 5 nitrogen and oxygen atoms in total. The molecule has 1 aromatic carbocycles. The predicted octanol–water partition coefficient (Wildman–Crippen LogP) is 2.03. The van der Waals surface area contributed by atoms with Crippen LogP contribution in [0.5, 0.6) is 0 Å². The second-order valence-corrected chi connectivity index (χ2v) is 4.60. The van der Waals surface area contributed by atoms with Gasteiger partial charge < -0.3 is 10.4 Å². The Labute approximate surface area is 110 Å². The maximum Gasteiger partial charge on any atom is 0.308 e. The number of anilines is 1. The highest BCUT2D eigenvalue weighted by atomic mass is 16.4. The van der Waals surface area contributed by atoms with Crippen molar-refractivity contribution in [3.8, 4) is 11.3 Å². The quantitative estimate of drug-likeness (QED) is 0.874. The first-order valence-electron chi connectivity index (χ1n) is 6.12. The van der Waals surface area contributed by atoms with Gasteiger partial charge in [0.05, 0.1) is 11.6 Å². The molecular formula is C14H13N3O2. The summed E-state index contributed by atoms with van der Waals surface area (Å²) in [5.74, 6) is -0.435. The van der Waals surface area contributed by atoms with E-state index in [0.717, 1.165) is 11.3 Å². The molecule has 0 spiro atoms. The molecule has 0 bridgehead atoms. The molecule has 0 aliphatic heterocycles. The number of carboxylic acid groups (broad SMARTS) is 1. The fourth-order valence-corrected chi connectivity index (χ4v) is 1.99. The van der Waals surface area contributed by atoms with Gasteiger partial charge >= 0.3 is 5.97 Å². The highest BCUT2D eigenvalue weighted by Crippen LogP contribution is 2.33. The summed E-state index contributed by atoms with van der Waals surface area (Å²) in [5.41, 5.74) is 1.81. The lowest BCUT2D eigenvalue weighted by atomic mass is 10.1. The molecule has 1 aromatic heterocycles. The van der Waals surface area contributed by atoms with Gasteiger partial charge in [0.2, 0.25) is 0 Å². The van der Waals surface area contributed by atoms with Gasteiger partial charge in [-0.3, -0.25) is 4.79 Å². The number of hydrogen-bond acceptors (Lipinski definition) is 4. The number of aromatic nitrogens is 2. The van der Waals surface area contributed by atoms with E-state index in [2.05, 4.69) is 15.5 Å². The number of nitrogens with one attached hydrogen (secondary N) is 1. The van der Waals surface area contributed by atoms with Gasteiger partial charge in [-0.25, -0.2) is 0 Å². The second-order valence-electron chi connectivity index (χ2n) is 4.60. The number of carboxylic acids is 1.